The van der Waals surface area contributed by atoms with Crippen LogP contribution >= 0.6 is 11.3 Å². The second kappa shape index (κ2) is 7.93. The zero-order valence-corrected chi connectivity index (χ0v) is 15.9. The van der Waals surface area contributed by atoms with E-state index in [4.69, 9.17) is 10.5 Å². The second-order valence-corrected chi connectivity index (χ2v) is 7.48. The number of allylic oxidation sites excluding steroid dienone is 2. The van der Waals surface area contributed by atoms with Crippen LogP contribution in [0, 0.1) is 11.8 Å². The van der Waals surface area contributed by atoms with Crippen LogP contribution in [-0.2, 0) is 23.9 Å². The molecular formula is C18H19N3O6S. The molecule has 3 rings (SSSR count). The Morgan fingerprint density at radius 1 is 1.25 bits per heavy atom. The highest BCUT2D eigenvalue weighted by Crippen LogP contribution is 2.34. The number of fused-ring (bicyclic) bond motifs is 1. The van der Waals surface area contributed by atoms with Crippen LogP contribution in [0.25, 0.3) is 0 Å². The molecular weight excluding hydrogens is 386 g/mol. The lowest BCUT2D eigenvalue weighted by atomic mass is 9.85. The number of thiophene rings is 1. The fourth-order valence-electron chi connectivity index (χ4n) is 3.26. The first-order valence-corrected chi connectivity index (χ1v) is 9.55. The van der Waals surface area contributed by atoms with Gasteiger partial charge in [-0.05, 0) is 31.2 Å². The van der Waals surface area contributed by atoms with E-state index in [0.717, 1.165) is 16.2 Å². The lowest BCUT2D eigenvalue weighted by molar-refractivity contribution is -0.158. The van der Waals surface area contributed by atoms with Crippen molar-refractivity contribution >= 4 is 45.9 Å². The van der Waals surface area contributed by atoms with Crippen LogP contribution in [0.4, 0.5) is 5.00 Å². The number of anilines is 1. The molecule has 10 heteroatoms. The monoisotopic (exact) mass is 405 g/mol. The van der Waals surface area contributed by atoms with Gasteiger partial charge in [0.05, 0.1) is 17.4 Å². The Morgan fingerprint density at radius 2 is 1.86 bits per heavy atom. The summed E-state index contributed by atoms with van der Waals surface area (Å²) in [6.07, 6.45) is 3.47. The fourth-order valence-corrected chi connectivity index (χ4v) is 4.05. The number of primary amides is 1. The van der Waals surface area contributed by atoms with E-state index >= 15 is 0 Å². The molecule has 28 heavy (non-hydrogen) atoms. The van der Waals surface area contributed by atoms with E-state index in [-0.39, 0.29) is 10.6 Å². The molecule has 1 fully saturated rings. The van der Waals surface area contributed by atoms with Gasteiger partial charge in [-0.2, -0.15) is 0 Å². The predicted molar refractivity (Wildman–Crippen MR) is 99.1 cm³/mol. The molecule has 0 unspecified atom stereocenters. The van der Waals surface area contributed by atoms with Crippen LogP contribution in [0.15, 0.2) is 23.6 Å². The maximum Gasteiger partial charge on any atom is 0.326 e. The first-order chi connectivity index (χ1) is 13.3. The molecule has 0 spiro atoms. The number of amides is 4. The van der Waals surface area contributed by atoms with Gasteiger partial charge in [-0.3, -0.25) is 28.9 Å². The molecule has 1 aliphatic heterocycles. The molecule has 1 aromatic rings. The minimum absolute atomic E-state index is 0.154. The normalized spacial score (nSPS) is 22.0. The SMILES string of the molecule is C[C@@H](OC(=O)CN1C(=O)[C@H]2CC=CC[C@@H]2C1=O)C(=O)Nc1sccc1C(N)=O. The van der Waals surface area contributed by atoms with Crippen molar-refractivity contribution in [2.24, 2.45) is 17.6 Å². The number of nitrogens with two attached hydrogens (primary N) is 1. The largest absolute Gasteiger partial charge is 0.451 e. The number of carbonyl (C=O) groups excluding carboxylic acids is 5. The summed E-state index contributed by atoms with van der Waals surface area (Å²) < 4.78 is 5.05. The minimum Gasteiger partial charge on any atom is -0.451 e. The Balaban J connectivity index is 1.56. The maximum atomic E-state index is 12.4. The number of hydrogen-bond acceptors (Lipinski definition) is 7. The maximum absolute atomic E-state index is 12.4. The van der Waals surface area contributed by atoms with E-state index in [1.165, 1.54) is 13.0 Å². The molecule has 0 saturated carbocycles. The van der Waals surface area contributed by atoms with Crippen LogP contribution in [-0.4, -0.2) is 47.1 Å². The van der Waals surface area contributed by atoms with Crippen molar-refractivity contribution in [1.29, 1.82) is 0 Å². The van der Waals surface area contributed by atoms with Crippen molar-refractivity contribution in [2.75, 3.05) is 11.9 Å². The standard InChI is InChI=1S/C18H19N3O6S/c1-9(15(24)20-16-12(14(19)23)6-7-28-16)27-13(22)8-21-17(25)10-4-2-3-5-11(10)18(21)26/h2-3,6-7,9-11H,4-5,8H2,1H3,(H2,19,23)(H,20,24)/t9-,10+,11+/m1/s1. The number of nitrogens with zero attached hydrogens (tertiary/aromatic N) is 1. The highest BCUT2D eigenvalue weighted by atomic mass is 32.1. The van der Waals surface area contributed by atoms with Gasteiger partial charge < -0.3 is 15.8 Å². The molecule has 0 aromatic carbocycles. The predicted octanol–water partition coefficient (Wildman–Crippen LogP) is 0.668. The van der Waals surface area contributed by atoms with Crippen molar-refractivity contribution in [1.82, 2.24) is 4.90 Å². The van der Waals surface area contributed by atoms with E-state index < -0.39 is 54.1 Å². The van der Waals surface area contributed by atoms with Crippen molar-refractivity contribution in [2.45, 2.75) is 25.9 Å². The lowest BCUT2D eigenvalue weighted by Crippen LogP contribution is -2.39. The summed E-state index contributed by atoms with van der Waals surface area (Å²) in [5.74, 6) is -3.86. The molecule has 0 radical (unpaired) electrons. The van der Waals surface area contributed by atoms with Crippen molar-refractivity contribution in [3.05, 3.63) is 29.2 Å². The molecule has 0 bridgehead atoms. The quantitative estimate of drug-likeness (QED) is 0.406. The fraction of sp³-hybridized carbons (Fsp3) is 0.389. The Kier molecular flexibility index (Phi) is 5.59. The van der Waals surface area contributed by atoms with Gasteiger partial charge in [-0.1, -0.05) is 12.2 Å². The molecule has 4 amide bonds. The van der Waals surface area contributed by atoms with E-state index in [9.17, 15) is 24.0 Å². The number of nitrogens with one attached hydrogen (secondary N) is 1. The zero-order valence-electron chi connectivity index (χ0n) is 15.0. The third-order valence-electron chi connectivity index (χ3n) is 4.73. The Labute approximate surface area is 164 Å². The summed E-state index contributed by atoms with van der Waals surface area (Å²) in [6, 6.07) is 1.47. The molecule has 3 N–H and O–H groups in total. The number of imide groups is 1. The average Bonchev–Trinajstić information content (AvgIpc) is 3.21. The zero-order chi connectivity index (χ0) is 20.4. The van der Waals surface area contributed by atoms with E-state index in [1.54, 1.807) is 5.38 Å². The van der Waals surface area contributed by atoms with Gasteiger partial charge in [-0.15, -0.1) is 11.3 Å². The summed E-state index contributed by atoms with van der Waals surface area (Å²) in [6.45, 7) is 0.815. The third kappa shape index (κ3) is 3.81. The number of carbonyl (C=O) groups is 5. The Morgan fingerprint density at radius 3 is 2.43 bits per heavy atom. The summed E-state index contributed by atoms with van der Waals surface area (Å²) in [5.41, 5.74) is 5.37. The van der Waals surface area contributed by atoms with Gasteiger partial charge in [0.25, 0.3) is 11.8 Å². The van der Waals surface area contributed by atoms with Crippen LogP contribution in [0.5, 0.6) is 0 Å². The van der Waals surface area contributed by atoms with Crippen LogP contribution < -0.4 is 11.1 Å². The number of ether oxygens (including phenoxy) is 1. The first kappa shape index (κ1) is 19.7. The third-order valence-corrected chi connectivity index (χ3v) is 5.56. The number of rotatable bonds is 6. The highest BCUT2D eigenvalue weighted by molar-refractivity contribution is 7.14. The molecule has 148 valence electrons. The topological polar surface area (TPSA) is 136 Å². The van der Waals surface area contributed by atoms with Gasteiger partial charge in [0.15, 0.2) is 6.10 Å². The van der Waals surface area contributed by atoms with Crippen molar-refractivity contribution in [3.8, 4) is 0 Å². The van der Waals surface area contributed by atoms with Crippen LogP contribution in [0.2, 0.25) is 0 Å². The van der Waals surface area contributed by atoms with E-state index in [2.05, 4.69) is 5.32 Å². The average molecular weight is 405 g/mol. The van der Waals surface area contributed by atoms with E-state index in [1.807, 2.05) is 12.2 Å². The number of likely N-dealkylation sites (tertiary alicyclic amines) is 1. The molecule has 3 atom stereocenters. The van der Waals surface area contributed by atoms with Crippen LogP contribution in [0.3, 0.4) is 0 Å². The molecule has 1 aromatic heterocycles. The van der Waals surface area contributed by atoms with Gasteiger partial charge in [0, 0.05) is 0 Å². The van der Waals surface area contributed by atoms with Gasteiger partial charge >= 0.3 is 5.97 Å². The molecule has 1 saturated heterocycles. The number of hydrogen-bond donors (Lipinski definition) is 2. The first-order valence-electron chi connectivity index (χ1n) is 8.67. The number of esters is 1. The minimum atomic E-state index is -1.19. The molecule has 2 heterocycles. The van der Waals surface area contributed by atoms with Gasteiger partial charge in [0.1, 0.15) is 11.5 Å². The van der Waals surface area contributed by atoms with Crippen molar-refractivity contribution < 1.29 is 28.7 Å². The second-order valence-electron chi connectivity index (χ2n) is 6.57. The molecule has 2 aliphatic rings. The summed E-state index contributed by atoms with van der Waals surface area (Å²) in [4.78, 5) is 61.3. The summed E-state index contributed by atoms with van der Waals surface area (Å²) in [7, 11) is 0. The Hall–Kier alpha value is -3.01. The smallest absolute Gasteiger partial charge is 0.326 e. The molecule has 9 nitrogen and oxygen atoms in total. The van der Waals surface area contributed by atoms with Gasteiger partial charge in [0.2, 0.25) is 11.8 Å². The lowest BCUT2D eigenvalue weighted by Gasteiger charge is -2.17. The summed E-state index contributed by atoms with van der Waals surface area (Å²) in [5, 5.41) is 4.31. The highest BCUT2D eigenvalue weighted by Gasteiger charge is 2.47. The summed E-state index contributed by atoms with van der Waals surface area (Å²) >= 11 is 1.10. The van der Waals surface area contributed by atoms with Crippen LogP contribution in [0.1, 0.15) is 30.1 Å². The van der Waals surface area contributed by atoms with Gasteiger partial charge in [-0.25, -0.2) is 0 Å². The van der Waals surface area contributed by atoms with E-state index in [0.29, 0.717) is 12.8 Å². The molecule has 1 aliphatic carbocycles. The Bertz CT molecular complexity index is 850. The van der Waals surface area contributed by atoms with Crippen molar-refractivity contribution in [3.63, 3.8) is 0 Å².